The Labute approximate surface area is 247 Å². The van der Waals surface area contributed by atoms with Gasteiger partial charge in [-0.15, -0.1) is 27.7 Å². The number of nitrogens with one attached hydrogen (secondary N) is 1. The molecule has 4 aliphatic rings. The van der Waals surface area contributed by atoms with Gasteiger partial charge in [0.2, 0.25) is 5.91 Å². The lowest BCUT2D eigenvalue weighted by Crippen LogP contribution is -2.66. The summed E-state index contributed by atoms with van der Waals surface area (Å²) in [4.78, 5) is 36.0. The van der Waals surface area contributed by atoms with E-state index in [0.717, 1.165) is 33.7 Å². The highest BCUT2D eigenvalue weighted by Crippen LogP contribution is 2.56. The number of amides is 3. The summed E-state index contributed by atoms with van der Waals surface area (Å²) in [5, 5.41) is 3.10. The molecule has 1 saturated heterocycles. The third-order valence-electron chi connectivity index (χ3n) is 8.93. The van der Waals surface area contributed by atoms with Crippen LogP contribution < -0.4 is 5.32 Å². The quantitative estimate of drug-likeness (QED) is 0.333. The first-order valence-corrected chi connectivity index (χ1v) is 15.5. The summed E-state index contributed by atoms with van der Waals surface area (Å²) in [7, 11) is 8.41. The zero-order valence-corrected chi connectivity index (χ0v) is 27.4. The monoisotopic (exact) mass is 608 g/mol. The van der Waals surface area contributed by atoms with Crippen molar-refractivity contribution in [1.82, 2.24) is 15.1 Å². The van der Waals surface area contributed by atoms with Gasteiger partial charge < -0.3 is 5.32 Å². The molecule has 10 heteroatoms. The second-order valence-electron chi connectivity index (χ2n) is 12.4. The molecule has 0 aromatic heterocycles. The van der Waals surface area contributed by atoms with Crippen LogP contribution >= 0.6 is 27.7 Å². The standard InChI is InChI=1S/C31H36FN4O2P3/c1-16-14-30(5)25-23(17(16)2)33-22(37)15-35(25)28(38)36-26(30)24(18-9-11-20(12-10-18)29(3,4)32)34-27(36)19-7-6-8-21(13-19)31(39,40)41/h6-14,17,24,26H,15,39-41H2,1-5H3,(H,33,37). The van der Waals surface area contributed by atoms with Gasteiger partial charge in [0, 0.05) is 21.8 Å². The SMILES string of the molecule is CC1=CC2(C)C3=C(NC(=O)CN3C(=O)N3C(c4cccc(C(P)(P)P)c4)=NC(c4ccc(C(C)(C)F)cc4)C32)C1C. The number of urea groups is 1. The van der Waals surface area contributed by atoms with Gasteiger partial charge in [0.25, 0.3) is 0 Å². The highest BCUT2D eigenvalue weighted by atomic mass is 31.1. The summed E-state index contributed by atoms with van der Waals surface area (Å²) in [5.41, 5.74) is 4.01. The Hall–Kier alpha value is -2.45. The Kier molecular flexibility index (Phi) is 6.66. The summed E-state index contributed by atoms with van der Waals surface area (Å²) < 4.78 is 14.4. The minimum absolute atomic E-state index is 0.0218. The van der Waals surface area contributed by atoms with E-state index >= 15 is 0 Å². The van der Waals surface area contributed by atoms with Crippen LogP contribution in [0, 0.1) is 11.3 Å². The highest BCUT2D eigenvalue weighted by molar-refractivity contribution is 7.56. The normalized spacial score (nSPS) is 27.8. The molecule has 0 saturated carbocycles. The van der Waals surface area contributed by atoms with E-state index in [2.05, 4.69) is 65.9 Å². The number of nitrogens with zero attached hydrogens (tertiary/aromatic N) is 3. The van der Waals surface area contributed by atoms with Gasteiger partial charge in [-0.2, -0.15) is 0 Å². The van der Waals surface area contributed by atoms with Gasteiger partial charge in [-0.1, -0.05) is 61.0 Å². The molecule has 3 heterocycles. The van der Waals surface area contributed by atoms with Crippen LogP contribution in [0.4, 0.5) is 9.18 Å². The summed E-state index contributed by atoms with van der Waals surface area (Å²) in [6.07, 6.45) is 2.26. The molecule has 3 amide bonds. The topological polar surface area (TPSA) is 65.0 Å². The van der Waals surface area contributed by atoms with E-state index in [0.29, 0.717) is 11.4 Å². The molecular weight excluding hydrogens is 572 g/mol. The van der Waals surface area contributed by atoms with E-state index in [-0.39, 0.29) is 35.1 Å². The lowest BCUT2D eigenvalue weighted by molar-refractivity contribution is -0.122. The first kappa shape index (κ1) is 28.7. The third kappa shape index (κ3) is 4.51. The largest absolute Gasteiger partial charge is 0.330 e. The van der Waals surface area contributed by atoms with Gasteiger partial charge in [-0.25, -0.2) is 9.18 Å². The molecule has 3 aliphatic heterocycles. The lowest BCUT2D eigenvalue weighted by Gasteiger charge is -2.55. The Morgan fingerprint density at radius 2 is 1.76 bits per heavy atom. The van der Waals surface area contributed by atoms with Crippen LogP contribution in [0.15, 0.2) is 76.6 Å². The van der Waals surface area contributed by atoms with E-state index in [1.54, 1.807) is 23.6 Å². The van der Waals surface area contributed by atoms with Gasteiger partial charge >= 0.3 is 6.03 Å². The van der Waals surface area contributed by atoms with Crippen molar-refractivity contribution in [2.75, 3.05) is 6.54 Å². The Bertz CT molecular complexity index is 1570. The van der Waals surface area contributed by atoms with Crippen molar-refractivity contribution in [2.24, 2.45) is 16.3 Å². The highest BCUT2D eigenvalue weighted by Gasteiger charge is 2.61. The van der Waals surface area contributed by atoms with Crippen molar-refractivity contribution in [3.05, 3.63) is 93.8 Å². The van der Waals surface area contributed by atoms with E-state index in [9.17, 15) is 14.0 Å². The molecular formula is C31H36FN4O2P3. The molecule has 1 N–H and O–H groups in total. The van der Waals surface area contributed by atoms with Crippen molar-refractivity contribution in [1.29, 1.82) is 0 Å². The number of carbonyl (C=O) groups excluding carboxylic acids is 2. The van der Waals surface area contributed by atoms with Crippen LogP contribution in [0.2, 0.25) is 0 Å². The molecule has 0 radical (unpaired) electrons. The molecule has 0 bridgehead atoms. The number of carbonyl (C=O) groups is 2. The number of halogens is 1. The van der Waals surface area contributed by atoms with E-state index in [1.165, 1.54) is 0 Å². The zero-order valence-electron chi connectivity index (χ0n) is 23.9. The van der Waals surface area contributed by atoms with Crippen LogP contribution in [0.5, 0.6) is 0 Å². The van der Waals surface area contributed by atoms with Crippen LogP contribution in [-0.2, 0) is 15.1 Å². The molecule has 7 atom stereocenters. The molecule has 2 aromatic rings. The minimum Gasteiger partial charge on any atom is -0.326 e. The molecule has 6 rings (SSSR count). The smallest absolute Gasteiger partial charge is 0.326 e. The maximum Gasteiger partial charge on any atom is 0.330 e. The second kappa shape index (κ2) is 9.53. The number of benzene rings is 2. The average molecular weight is 609 g/mol. The van der Waals surface area contributed by atoms with E-state index in [1.807, 2.05) is 42.5 Å². The summed E-state index contributed by atoms with van der Waals surface area (Å²) >= 11 is 0. The van der Waals surface area contributed by atoms with Crippen molar-refractivity contribution in [2.45, 2.75) is 57.0 Å². The van der Waals surface area contributed by atoms with Crippen molar-refractivity contribution < 1.29 is 14.0 Å². The molecule has 41 heavy (non-hydrogen) atoms. The fourth-order valence-electron chi connectivity index (χ4n) is 6.74. The van der Waals surface area contributed by atoms with E-state index < -0.39 is 17.1 Å². The first-order chi connectivity index (χ1) is 19.1. The van der Waals surface area contributed by atoms with Gasteiger partial charge in [0.1, 0.15) is 18.0 Å². The maximum absolute atomic E-state index is 14.8. The molecule has 6 nitrogen and oxygen atoms in total. The lowest BCUT2D eigenvalue weighted by atomic mass is 9.66. The number of hydrogen-bond donors (Lipinski definition) is 1. The number of alkyl halides is 1. The number of hydrogen-bond acceptors (Lipinski definition) is 3. The zero-order chi connectivity index (χ0) is 29.6. The molecule has 0 spiro atoms. The molecule has 2 aromatic carbocycles. The van der Waals surface area contributed by atoms with Crippen molar-refractivity contribution in [3.63, 3.8) is 0 Å². The number of rotatable bonds is 4. The van der Waals surface area contributed by atoms with Gasteiger partial charge in [0.05, 0.1) is 23.2 Å². The summed E-state index contributed by atoms with van der Waals surface area (Å²) in [5.74, 6) is 0.355. The van der Waals surface area contributed by atoms with E-state index in [4.69, 9.17) is 4.99 Å². The Balaban J connectivity index is 1.58. The second-order valence-corrected chi connectivity index (χ2v) is 17.3. The molecule has 1 fully saturated rings. The molecule has 1 aliphatic carbocycles. The molecule has 7 unspecified atom stereocenters. The van der Waals surface area contributed by atoms with Gasteiger partial charge in [-0.05, 0) is 50.5 Å². The predicted molar refractivity (Wildman–Crippen MR) is 171 cm³/mol. The molecule has 214 valence electrons. The van der Waals surface area contributed by atoms with Crippen LogP contribution in [0.25, 0.3) is 0 Å². The predicted octanol–water partition coefficient (Wildman–Crippen LogP) is 6.18. The van der Waals surface area contributed by atoms with Crippen LogP contribution in [0.1, 0.15) is 62.9 Å². The number of aliphatic imine (C=N–C) groups is 1. The summed E-state index contributed by atoms with van der Waals surface area (Å²) in [6.45, 7) is 9.34. The Morgan fingerprint density at radius 1 is 1.07 bits per heavy atom. The number of amidine groups is 1. The minimum atomic E-state index is -1.47. The van der Waals surface area contributed by atoms with Crippen molar-refractivity contribution in [3.8, 4) is 0 Å². The average Bonchev–Trinajstić information content (AvgIpc) is 3.31. The summed E-state index contributed by atoms with van der Waals surface area (Å²) in [6, 6.07) is 14.5. The Morgan fingerprint density at radius 3 is 2.39 bits per heavy atom. The maximum atomic E-state index is 14.8. The fourth-order valence-corrected chi connectivity index (χ4v) is 7.28. The third-order valence-corrected chi connectivity index (χ3v) is 9.93. The van der Waals surface area contributed by atoms with Crippen LogP contribution in [0.3, 0.4) is 0 Å². The fraction of sp³-hybridized carbons (Fsp3) is 0.387. The number of fused-ring (bicyclic) bond motifs is 2. The van der Waals surface area contributed by atoms with Crippen molar-refractivity contribution >= 4 is 45.5 Å². The van der Waals surface area contributed by atoms with Gasteiger partial charge in [-0.3, -0.25) is 19.6 Å². The van der Waals surface area contributed by atoms with Gasteiger partial charge in [0.15, 0.2) is 0 Å². The number of allylic oxidation sites excluding steroid dienone is 1. The first-order valence-electron chi connectivity index (χ1n) is 13.8. The van der Waals surface area contributed by atoms with Crippen LogP contribution in [-0.4, -0.2) is 40.2 Å².